The van der Waals surface area contributed by atoms with Gasteiger partial charge in [0.1, 0.15) is 5.75 Å². The van der Waals surface area contributed by atoms with Crippen LogP contribution in [0, 0.1) is 5.92 Å². The smallest absolute Gasteiger partial charge is 0.303 e. The molecule has 0 spiro atoms. The van der Waals surface area contributed by atoms with Crippen LogP contribution in [0.4, 0.5) is 0 Å². The lowest BCUT2D eigenvalue weighted by Gasteiger charge is -2.42. The van der Waals surface area contributed by atoms with Crippen LogP contribution in [0.1, 0.15) is 24.9 Å². The first-order chi connectivity index (χ1) is 8.06. The Morgan fingerprint density at radius 3 is 2.53 bits per heavy atom. The van der Waals surface area contributed by atoms with Crippen molar-refractivity contribution in [1.29, 1.82) is 0 Å². The van der Waals surface area contributed by atoms with E-state index in [0.29, 0.717) is 0 Å². The third-order valence-corrected chi connectivity index (χ3v) is 3.37. The standard InChI is InChI=1S/C13H17NO3/c1-9(11-2-4-12(15)5-3-11)14-7-10(8-14)6-13(16)17/h2-5,9-10,15H,6-8H2,1H3,(H,16,17). The Morgan fingerprint density at radius 2 is 2.00 bits per heavy atom. The number of carboxylic acids is 1. The van der Waals surface area contributed by atoms with Crippen LogP contribution >= 0.6 is 0 Å². The molecule has 4 heteroatoms. The minimum atomic E-state index is -0.716. The van der Waals surface area contributed by atoms with Gasteiger partial charge in [-0.3, -0.25) is 9.69 Å². The summed E-state index contributed by atoms with van der Waals surface area (Å²) >= 11 is 0. The van der Waals surface area contributed by atoms with Gasteiger partial charge in [0, 0.05) is 19.1 Å². The summed E-state index contributed by atoms with van der Waals surface area (Å²) in [7, 11) is 0. The molecule has 1 heterocycles. The van der Waals surface area contributed by atoms with Crippen molar-refractivity contribution >= 4 is 5.97 Å². The molecule has 1 atom stereocenters. The Kier molecular flexibility index (Phi) is 3.33. The van der Waals surface area contributed by atoms with Gasteiger partial charge in [-0.1, -0.05) is 12.1 Å². The lowest BCUT2D eigenvalue weighted by molar-refractivity contribution is -0.139. The maximum Gasteiger partial charge on any atom is 0.303 e. The molecule has 0 bridgehead atoms. The fourth-order valence-electron chi connectivity index (χ4n) is 2.27. The van der Waals surface area contributed by atoms with Gasteiger partial charge >= 0.3 is 5.97 Å². The van der Waals surface area contributed by atoms with Crippen molar-refractivity contribution in [3.8, 4) is 5.75 Å². The summed E-state index contributed by atoms with van der Waals surface area (Å²) in [5.41, 5.74) is 1.15. The molecule has 1 saturated heterocycles. The number of phenols is 1. The van der Waals surface area contributed by atoms with E-state index in [9.17, 15) is 9.90 Å². The average Bonchev–Trinajstić information content (AvgIpc) is 2.23. The number of aliphatic carboxylic acids is 1. The molecule has 0 amide bonds. The van der Waals surface area contributed by atoms with Crippen molar-refractivity contribution in [2.75, 3.05) is 13.1 Å². The molecule has 2 N–H and O–H groups in total. The van der Waals surface area contributed by atoms with Crippen LogP contribution in [-0.2, 0) is 4.79 Å². The van der Waals surface area contributed by atoms with Gasteiger partial charge in [0.25, 0.3) is 0 Å². The minimum Gasteiger partial charge on any atom is -0.508 e. The van der Waals surface area contributed by atoms with E-state index in [4.69, 9.17) is 5.11 Å². The number of nitrogens with zero attached hydrogens (tertiary/aromatic N) is 1. The number of benzene rings is 1. The van der Waals surface area contributed by atoms with Crippen LogP contribution in [0.5, 0.6) is 5.75 Å². The second-order valence-corrected chi connectivity index (χ2v) is 4.69. The molecule has 0 saturated carbocycles. The second-order valence-electron chi connectivity index (χ2n) is 4.69. The van der Waals surface area contributed by atoms with Crippen molar-refractivity contribution in [1.82, 2.24) is 4.90 Å². The maximum atomic E-state index is 10.5. The highest BCUT2D eigenvalue weighted by molar-refractivity contribution is 5.67. The predicted octanol–water partition coefficient (Wildman–Crippen LogP) is 1.86. The predicted molar refractivity (Wildman–Crippen MR) is 63.8 cm³/mol. The van der Waals surface area contributed by atoms with Crippen LogP contribution in [0.3, 0.4) is 0 Å². The van der Waals surface area contributed by atoms with Gasteiger partial charge in [0.2, 0.25) is 0 Å². The third kappa shape index (κ3) is 2.77. The maximum absolute atomic E-state index is 10.5. The molecule has 1 fully saturated rings. The van der Waals surface area contributed by atoms with E-state index < -0.39 is 5.97 Å². The molecule has 0 aliphatic carbocycles. The quantitative estimate of drug-likeness (QED) is 0.836. The molecule has 17 heavy (non-hydrogen) atoms. The summed E-state index contributed by atoms with van der Waals surface area (Å²) < 4.78 is 0. The van der Waals surface area contributed by atoms with E-state index in [1.165, 1.54) is 0 Å². The molecule has 1 unspecified atom stereocenters. The summed E-state index contributed by atoms with van der Waals surface area (Å²) in [6.07, 6.45) is 0.263. The zero-order valence-corrected chi connectivity index (χ0v) is 9.84. The monoisotopic (exact) mass is 235 g/mol. The number of rotatable bonds is 4. The molecule has 92 valence electrons. The van der Waals surface area contributed by atoms with Crippen LogP contribution in [0.25, 0.3) is 0 Å². The lowest BCUT2D eigenvalue weighted by Crippen LogP contribution is -2.48. The summed E-state index contributed by atoms with van der Waals surface area (Å²) in [4.78, 5) is 12.8. The molecule has 0 radical (unpaired) electrons. The highest BCUT2D eigenvalue weighted by Crippen LogP contribution is 2.30. The van der Waals surface area contributed by atoms with Crippen molar-refractivity contribution in [2.45, 2.75) is 19.4 Å². The molecular weight excluding hydrogens is 218 g/mol. The molecule has 1 aliphatic heterocycles. The van der Waals surface area contributed by atoms with E-state index in [0.717, 1.165) is 18.7 Å². The fourth-order valence-corrected chi connectivity index (χ4v) is 2.27. The van der Waals surface area contributed by atoms with Crippen molar-refractivity contribution < 1.29 is 15.0 Å². The Morgan fingerprint density at radius 1 is 1.41 bits per heavy atom. The van der Waals surface area contributed by atoms with Gasteiger partial charge < -0.3 is 10.2 Å². The molecular formula is C13H17NO3. The molecule has 4 nitrogen and oxygen atoms in total. The zero-order chi connectivity index (χ0) is 12.4. The van der Waals surface area contributed by atoms with Crippen molar-refractivity contribution in [3.63, 3.8) is 0 Å². The van der Waals surface area contributed by atoms with E-state index in [2.05, 4.69) is 11.8 Å². The summed E-state index contributed by atoms with van der Waals surface area (Å²) in [6, 6.07) is 7.45. The van der Waals surface area contributed by atoms with Crippen LogP contribution < -0.4 is 0 Å². The van der Waals surface area contributed by atoms with Crippen molar-refractivity contribution in [2.24, 2.45) is 5.92 Å². The van der Waals surface area contributed by atoms with Gasteiger partial charge in [-0.15, -0.1) is 0 Å². The molecule has 1 aliphatic rings. The number of hydrogen-bond acceptors (Lipinski definition) is 3. The van der Waals surface area contributed by atoms with E-state index in [1.54, 1.807) is 12.1 Å². The van der Waals surface area contributed by atoms with E-state index in [-0.39, 0.29) is 24.1 Å². The molecule has 2 rings (SSSR count). The number of carbonyl (C=O) groups is 1. The van der Waals surface area contributed by atoms with E-state index >= 15 is 0 Å². The number of aromatic hydroxyl groups is 1. The Balaban J connectivity index is 1.88. The van der Waals surface area contributed by atoms with Gasteiger partial charge in [-0.2, -0.15) is 0 Å². The van der Waals surface area contributed by atoms with Crippen molar-refractivity contribution in [3.05, 3.63) is 29.8 Å². The first kappa shape index (κ1) is 11.9. The second kappa shape index (κ2) is 4.75. The highest BCUT2D eigenvalue weighted by atomic mass is 16.4. The normalized spacial score (nSPS) is 18.6. The summed E-state index contributed by atoms with van der Waals surface area (Å²) in [6.45, 7) is 3.78. The SMILES string of the molecule is CC(c1ccc(O)cc1)N1CC(CC(=O)O)C1. The first-order valence-corrected chi connectivity index (χ1v) is 5.81. The Bertz CT molecular complexity index is 396. The molecule has 1 aromatic rings. The largest absolute Gasteiger partial charge is 0.508 e. The highest BCUT2D eigenvalue weighted by Gasteiger charge is 2.32. The van der Waals surface area contributed by atoms with Crippen LogP contribution in [0.15, 0.2) is 24.3 Å². The van der Waals surface area contributed by atoms with Gasteiger partial charge in [-0.05, 0) is 30.5 Å². The third-order valence-electron chi connectivity index (χ3n) is 3.37. The number of likely N-dealkylation sites (tertiary alicyclic amines) is 1. The first-order valence-electron chi connectivity index (χ1n) is 5.81. The average molecular weight is 235 g/mol. The van der Waals surface area contributed by atoms with E-state index in [1.807, 2.05) is 12.1 Å². The fraction of sp³-hybridized carbons (Fsp3) is 0.462. The van der Waals surface area contributed by atoms with Gasteiger partial charge in [0.05, 0.1) is 6.42 Å². The van der Waals surface area contributed by atoms with Gasteiger partial charge in [0.15, 0.2) is 0 Å². The lowest BCUT2D eigenvalue weighted by atomic mass is 9.92. The minimum absolute atomic E-state index is 0.263. The van der Waals surface area contributed by atoms with Crippen LogP contribution in [0.2, 0.25) is 0 Å². The number of hydrogen-bond donors (Lipinski definition) is 2. The Hall–Kier alpha value is -1.55. The molecule has 1 aromatic carbocycles. The molecule has 0 aromatic heterocycles. The van der Waals surface area contributed by atoms with Crippen LogP contribution in [-0.4, -0.2) is 34.2 Å². The zero-order valence-electron chi connectivity index (χ0n) is 9.84. The Labute approximate surface area is 100 Å². The van der Waals surface area contributed by atoms with Gasteiger partial charge in [-0.25, -0.2) is 0 Å². The number of carboxylic acid groups (broad SMARTS) is 1. The number of phenolic OH excluding ortho intramolecular Hbond substituents is 1. The summed E-state index contributed by atoms with van der Waals surface area (Å²) in [5, 5.41) is 17.9. The topological polar surface area (TPSA) is 60.8 Å². The summed E-state index contributed by atoms with van der Waals surface area (Å²) in [5.74, 6) is -0.160.